The number of halogens is 2. The van der Waals surface area contributed by atoms with Gasteiger partial charge in [-0.3, -0.25) is 0 Å². The number of hydrogen-bond acceptors (Lipinski definition) is 2. The van der Waals surface area contributed by atoms with Gasteiger partial charge in [0.2, 0.25) is 0 Å². The largest absolute Gasteiger partial charge is 0.381 e. The van der Waals surface area contributed by atoms with Crippen LogP contribution in [-0.2, 0) is 0 Å². The maximum Gasteiger partial charge on any atom is 0.128 e. The first-order chi connectivity index (χ1) is 6.11. The second-order valence-electron chi connectivity index (χ2n) is 2.94. The number of nitrogens with one attached hydrogen (secondary N) is 1. The van der Waals surface area contributed by atoms with E-state index in [0.29, 0.717) is 12.2 Å². The van der Waals surface area contributed by atoms with E-state index in [4.69, 9.17) is 5.73 Å². The number of hydrogen-bond donors (Lipinski definition) is 2. The van der Waals surface area contributed by atoms with Gasteiger partial charge in [-0.1, -0.05) is 0 Å². The Bertz CT molecular complexity index is 269. The molecule has 1 aromatic rings. The van der Waals surface area contributed by atoms with Crippen LogP contribution >= 0.6 is 0 Å². The molecule has 72 valence electrons. The first-order valence-corrected chi connectivity index (χ1v) is 4.04. The molecule has 13 heavy (non-hydrogen) atoms. The summed E-state index contributed by atoms with van der Waals surface area (Å²) in [5.74, 6) is -1.18. The molecule has 1 aromatic carbocycles. The smallest absolute Gasteiger partial charge is 0.128 e. The van der Waals surface area contributed by atoms with Crippen LogP contribution in [-0.4, -0.2) is 12.6 Å². The molecule has 0 saturated heterocycles. The van der Waals surface area contributed by atoms with Crippen LogP contribution in [0.1, 0.15) is 6.92 Å². The lowest BCUT2D eigenvalue weighted by Crippen LogP contribution is -2.25. The van der Waals surface area contributed by atoms with E-state index in [1.54, 1.807) is 0 Å². The van der Waals surface area contributed by atoms with Gasteiger partial charge in [-0.2, -0.15) is 0 Å². The van der Waals surface area contributed by atoms with Crippen molar-refractivity contribution in [3.8, 4) is 0 Å². The predicted octanol–water partition coefficient (Wildman–Crippen LogP) is 1.72. The minimum absolute atomic E-state index is 0.00111. The summed E-state index contributed by atoms with van der Waals surface area (Å²) in [5.41, 5.74) is 5.76. The minimum Gasteiger partial charge on any atom is -0.381 e. The Morgan fingerprint density at radius 3 is 2.31 bits per heavy atom. The molecule has 1 atom stereocenters. The zero-order valence-electron chi connectivity index (χ0n) is 7.35. The molecule has 1 unspecified atom stereocenters. The average Bonchev–Trinajstić information content (AvgIpc) is 2.02. The third-order valence-corrected chi connectivity index (χ3v) is 1.63. The van der Waals surface area contributed by atoms with Gasteiger partial charge >= 0.3 is 0 Å². The number of nitrogens with two attached hydrogens (primary N) is 1. The fraction of sp³-hybridized carbons (Fsp3) is 0.333. The van der Waals surface area contributed by atoms with Crippen molar-refractivity contribution in [1.82, 2.24) is 0 Å². The van der Waals surface area contributed by atoms with Gasteiger partial charge in [0.05, 0.1) is 0 Å². The maximum absolute atomic E-state index is 12.7. The molecule has 0 fully saturated rings. The summed E-state index contributed by atoms with van der Waals surface area (Å²) in [6.07, 6.45) is 0. The van der Waals surface area contributed by atoms with Crippen LogP contribution < -0.4 is 11.1 Å². The van der Waals surface area contributed by atoms with Gasteiger partial charge in [-0.05, 0) is 19.1 Å². The second-order valence-corrected chi connectivity index (χ2v) is 2.94. The molecule has 0 spiro atoms. The lowest BCUT2D eigenvalue weighted by molar-refractivity contribution is 0.583. The summed E-state index contributed by atoms with van der Waals surface area (Å²) in [6, 6.07) is 3.30. The van der Waals surface area contributed by atoms with Crippen LogP contribution in [0.5, 0.6) is 0 Å². The number of rotatable bonds is 3. The molecule has 0 saturated carbocycles. The van der Waals surface area contributed by atoms with Gasteiger partial charge in [0.15, 0.2) is 0 Å². The van der Waals surface area contributed by atoms with Crippen molar-refractivity contribution in [1.29, 1.82) is 0 Å². The highest BCUT2D eigenvalue weighted by Crippen LogP contribution is 2.13. The minimum atomic E-state index is -0.591. The van der Waals surface area contributed by atoms with Crippen LogP contribution in [0.3, 0.4) is 0 Å². The summed E-state index contributed by atoms with van der Waals surface area (Å²) in [7, 11) is 0. The molecule has 4 heteroatoms. The van der Waals surface area contributed by atoms with Gasteiger partial charge in [-0.15, -0.1) is 0 Å². The highest BCUT2D eigenvalue weighted by Gasteiger charge is 2.02. The summed E-state index contributed by atoms with van der Waals surface area (Å²) in [4.78, 5) is 0. The van der Waals surface area contributed by atoms with Gasteiger partial charge in [0.1, 0.15) is 11.6 Å². The molecular formula is C9H12F2N2. The van der Waals surface area contributed by atoms with Crippen LogP contribution in [0.2, 0.25) is 0 Å². The highest BCUT2D eigenvalue weighted by atomic mass is 19.1. The van der Waals surface area contributed by atoms with Crippen molar-refractivity contribution in [3.05, 3.63) is 29.8 Å². The Labute approximate surface area is 75.7 Å². The summed E-state index contributed by atoms with van der Waals surface area (Å²) >= 11 is 0. The lowest BCUT2D eigenvalue weighted by Gasteiger charge is -2.12. The Hall–Kier alpha value is -1.16. The predicted molar refractivity (Wildman–Crippen MR) is 48.5 cm³/mol. The molecule has 0 aliphatic heterocycles. The molecule has 0 amide bonds. The molecule has 0 bridgehead atoms. The van der Waals surface area contributed by atoms with E-state index in [1.807, 2.05) is 6.92 Å². The Morgan fingerprint density at radius 1 is 1.31 bits per heavy atom. The van der Waals surface area contributed by atoms with E-state index in [9.17, 15) is 8.78 Å². The van der Waals surface area contributed by atoms with Crippen molar-refractivity contribution < 1.29 is 8.78 Å². The SMILES string of the molecule is CC(CN)Nc1cc(F)cc(F)c1. The fourth-order valence-corrected chi connectivity index (χ4v) is 0.981. The van der Waals surface area contributed by atoms with E-state index in [-0.39, 0.29) is 6.04 Å². The van der Waals surface area contributed by atoms with Gasteiger partial charge in [-0.25, -0.2) is 8.78 Å². The Balaban J connectivity index is 2.77. The number of anilines is 1. The third-order valence-electron chi connectivity index (χ3n) is 1.63. The molecule has 3 N–H and O–H groups in total. The molecule has 0 aliphatic carbocycles. The monoisotopic (exact) mass is 186 g/mol. The summed E-state index contributed by atoms with van der Waals surface area (Å²) < 4.78 is 25.3. The van der Waals surface area contributed by atoms with Crippen molar-refractivity contribution >= 4 is 5.69 Å². The first-order valence-electron chi connectivity index (χ1n) is 4.04. The van der Waals surface area contributed by atoms with Crippen molar-refractivity contribution in [2.75, 3.05) is 11.9 Å². The number of benzene rings is 1. The zero-order valence-corrected chi connectivity index (χ0v) is 7.35. The van der Waals surface area contributed by atoms with E-state index in [0.717, 1.165) is 6.07 Å². The van der Waals surface area contributed by atoms with E-state index in [1.165, 1.54) is 12.1 Å². The molecule has 0 heterocycles. The summed E-state index contributed by atoms with van der Waals surface area (Å²) in [6.45, 7) is 2.25. The van der Waals surface area contributed by atoms with E-state index in [2.05, 4.69) is 5.32 Å². The first kappa shape index (κ1) is 9.92. The lowest BCUT2D eigenvalue weighted by atomic mass is 10.2. The average molecular weight is 186 g/mol. The molecule has 0 radical (unpaired) electrons. The van der Waals surface area contributed by atoms with E-state index < -0.39 is 11.6 Å². The molecule has 0 aromatic heterocycles. The van der Waals surface area contributed by atoms with Gasteiger partial charge in [0.25, 0.3) is 0 Å². The van der Waals surface area contributed by atoms with E-state index >= 15 is 0 Å². The molecule has 0 aliphatic rings. The van der Waals surface area contributed by atoms with Crippen molar-refractivity contribution in [2.45, 2.75) is 13.0 Å². The quantitative estimate of drug-likeness (QED) is 0.754. The second kappa shape index (κ2) is 4.18. The van der Waals surface area contributed by atoms with Crippen molar-refractivity contribution in [3.63, 3.8) is 0 Å². The van der Waals surface area contributed by atoms with Crippen LogP contribution in [0.25, 0.3) is 0 Å². The third kappa shape index (κ3) is 2.99. The van der Waals surface area contributed by atoms with Crippen LogP contribution in [0.15, 0.2) is 18.2 Å². The fourth-order valence-electron chi connectivity index (χ4n) is 0.981. The summed E-state index contributed by atoms with van der Waals surface area (Å²) in [5, 5.41) is 2.87. The van der Waals surface area contributed by atoms with Crippen LogP contribution in [0.4, 0.5) is 14.5 Å². The Morgan fingerprint density at radius 2 is 1.85 bits per heavy atom. The van der Waals surface area contributed by atoms with Gasteiger partial charge in [0, 0.05) is 24.3 Å². The maximum atomic E-state index is 12.7. The molecule has 1 rings (SSSR count). The highest BCUT2D eigenvalue weighted by molar-refractivity contribution is 5.44. The topological polar surface area (TPSA) is 38.0 Å². The Kier molecular flexibility index (Phi) is 3.19. The normalized spacial score (nSPS) is 12.6. The van der Waals surface area contributed by atoms with Gasteiger partial charge < -0.3 is 11.1 Å². The molecular weight excluding hydrogens is 174 g/mol. The zero-order chi connectivity index (χ0) is 9.84. The van der Waals surface area contributed by atoms with Crippen molar-refractivity contribution in [2.24, 2.45) is 5.73 Å². The van der Waals surface area contributed by atoms with Crippen LogP contribution in [0, 0.1) is 11.6 Å². The standard InChI is InChI=1S/C9H12F2N2/c1-6(5-12)13-9-3-7(10)2-8(11)4-9/h2-4,6,13H,5,12H2,1H3. The molecule has 2 nitrogen and oxygen atoms in total.